The van der Waals surface area contributed by atoms with Crippen LogP contribution in [0.3, 0.4) is 0 Å². The summed E-state index contributed by atoms with van der Waals surface area (Å²) in [5.74, 6) is 1.88. The van der Waals surface area contributed by atoms with E-state index in [1.165, 1.54) is 0 Å². The molecule has 162 valence electrons. The number of hydrogen-bond acceptors (Lipinski definition) is 5. The van der Waals surface area contributed by atoms with Crippen molar-refractivity contribution in [2.24, 2.45) is 5.92 Å². The van der Waals surface area contributed by atoms with Crippen molar-refractivity contribution in [1.82, 2.24) is 9.62 Å². The Bertz CT molecular complexity index is 910. The molecule has 0 atom stereocenters. The summed E-state index contributed by atoms with van der Waals surface area (Å²) in [7, 11) is -1.79. The first kappa shape index (κ1) is 22.7. The first-order valence-corrected chi connectivity index (χ1v) is 12.5. The van der Waals surface area contributed by atoms with E-state index >= 15 is 0 Å². The van der Waals surface area contributed by atoms with Crippen molar-refractivity contribution in [2.45, 2.75) is 29.1 Å². The summed E-state index contributed by atoms with van der Waals surface area (Å²) < 4.78 is 32.0. The minimum atomic E-state index is -3.42. The number of thioether (sulfide) groups is 1. The average Bonchev–Trinajstić information content (AvgIpc) is 2.79. The van der Waals surface area contributed by atoms with E-state index in [9.17, 15) is 13.2 Å². The molecule has 1 fully saturated rings. The van der Waals surface area contributed by atoms with Gasteiger partial charge in [-0.25, -0.2) is 8.42 Å². The summed E-state index contributed by atoms with van der Waals surface area (Å²) in [5, 5.41) is 3.00. The van der Waals surface area contributed by atoms with E-state index in [1.54, 1.807) is 47.4 Å². The van der Waals surface area contributed by atoms with Gasteiger partial charge >= 0.3 is 0 Å². The van der Waals surface area contributed by atoms with Gasteiger partial charge in [0.2, 0.25) is 15.9 Å². The van der Waals surface area contributed by atoms with Crippen LogP contribution in [0.25, 0.3) is 0 Å². The van der Waals surface area contributed by atoms with Gasteiger partial charge in [0.25, 0.3) is 0 Å². The van der Waals surface area contributed by atoms with Crippen LogP contribution in [0.5, 0.6) is 5.75 Å². The maximum Gasteiger partial charge on any atom is 0.243 e. The summed E-state index contributed by atoms with van der Waals surface area (Å²) in [5.41, 5.74) is 0. The number of nitrogens with one attached hydrogen (secondary N) is 1. The fraction of sp³-hybridized carbons (Fsp3) is 0.409. The number of benzene rings is 2. The minimum Gasteiger partial charge on any atom is -0.497 e. The lowest BCUT2D eigenvalue weighted by molar-refractivity contribution is -0.120. The normalized spacial score (nSPS) is 15.6. The van der Waals surface area contributed by atoms with Crippen molar-refractivity contribution in [3.8, 4) is 5.75 Å². The van der Waals surface area contributed by atoms with Gasteiger partial charge in [-0.15, -0.1) is 11.8 Å². The molecule has 2 aromatic carbocycles. The lowest BCUT2D eigenvalue weighted by Gasteiger charge is -2.31. The van der Waals surface area contributed by atoms with Crippen molar-refractivity contribution in [3.05, 3.63) is 54.6 Å². The van der Waals surface area contributed by atoms with Gasteiger partial charge in [0.05, 0.1) is 12.0 Å². The number of amides is 1. The van der Waals surface area contributed by atoms with Gasteiger partial charge in [-0.3, -0.25) is 4.79 Å². The van der Waals surface area contributed by atoms with Crippen LogP contribution in [0.2, 0.25) is 0 Å². The Morgan fingerprint density at radius 3 is 2.40 bits per heavy atom. The Kier molecular flexibility index (Phi) is 8.18. The number of carbonyl (C=O) groups is 1. The van der Waals surface area contributed by atoms with Gasteiger partial charge in [0.15, 0.2) is 0 Å². The van der Waals surface area contributed by atoms with Gasteiger partial charge < -0.3 is 10.1 Å². The molecule has 1 heterocycles. The highest BCUT2D eigenvalue weighted by Crippen LogP contribution is 2.24. The number of methoxy groups -OCH3 is 1. The van der Waals surface area contributed by atoms with Crippen LogP contribution in [-0.2, 0) is 14.8 Å². The van der Waals surface area contributed by atoms with Gasteiger partial charge in [-0.05, 0) is 55.2 Å². The fourth-order valence-corrected chi connectivity index (χ4v) is 5.72. The maximum absolute atomic E-state index is 12.7. The molecule has 0 bridgehead atoms. The molecular formula is C22H28N2O4S2. The molecule has 6 nitrogen and oxygen atoms in total. The summed E-state index contributed by atoms with van der Waals surface area (Å²) in [6.07, 6.45) is 1.97. The van der Waals surface area contributed by atoms with Crippen molar-refractivity contribution in [2.75, 3.05) is 32.5 Å². The summed E-state index contributed by atoms with van der Waals surface area (Å²) in [6, 6.07) is 16.3. The van der Waals surface area contributed by atoms with E-state index in [4.69, 9.17) is 4.74 Å². The molecule has 0 aliphatic carbocycles. The number of rotatable bonds is 9. The van der Waals surface area contributed by atoms with Gasteiger partial charge in [0, 0.05) is 36.7 Å². The second-order valence-corrected chi connectivity index (χ2v) is 10.3. The molecule has 0 aromatic heterocycles. The molecule has 0 spiro atoms. The van der Waals surface area contributed by atoms with Crippen LogP contribution in [0.1, 0.15) is 19.3 Å². The Hall–Kier alpha value is -2.03. The number of ether oxygens (including phenoxy) is 1. The van der Waals surface area contributed by atoms with E-state index < -0.39 is 10.0 Å². The second-order valence-electron chi connectivity index (χ2n) is 7.24. The van der Waals surface area contributed by atoms with Gasteiger partial charge in [-0.2, -0.15) is 4.31 Å². The molecule has 0 unspecified atom stereocenters. The fourth-order valence-electron chi connectivity index (χ4n) is 3.38. The van der Waals surface area contributed by atoms with E-state index in [1.807, 2.05) is 30.3 Å². The molecule has 1 amide bonds. The third-order valence-electron chi connectivity index (χ3n) is 5.20. The quantitative estimate of drug-likeness (QED) is 0.595. The summed E-state index contributed by atoms with van der Waals surface area (Å²) >= 11 is 1.64. The summed E-state index contributed by atoms with van der Waals surface area (Å²) in [4.78, 5) is 13.6. The number of hydrogen-bond donors (Lipinski definition) is 1. The molecule has 1 aliphatic heterocycles. The zero-order valence-corrected chi connectivity index (χ0v) is 18.8. The molecule has 0 saturated carbocycles. The van der Waals surface area contributed by atoms with Crippen LogP contribution in [0.4, 0.5) is 0 Å². The number of carbonyl (C=O) groups excluding carboxylic acids is 1. The van der Waals surface area contributed by atoms with E-state index in [0.29, 0.717) is 42.6 Å². The lowest BCUT2D eigenvalue weighted by Crippen LogP contribution is -2.41. The van der Waals surface area contributed by atoms with Crippen LogP contribution < -0.4 is 10.1 Å². The van der Waals surface area contributed by atoms with E-state index in [0.717, 1.165) is 23.5 Å². The maximum atomic E-state index is 12.7. The third kappa shape index (κ3) is 6.23. The zero-order valence-electron chi connectivity index (χ0n) is 17.1. The molecule has 30 heavy (non-hydrogen) atoms. The molecule has 1 N–H and O–H groups in total. The monoisotopic (exact) mass is 448 g/mol. The standard InChI is InChI=1S/C22H28N2O4S2/c1-28-19-7-9-20(10-8-19)29-16-13-22(25)23-17-18-11-14-24(15-12-18)30(26,27)21-5-3-2-4-6-21/h2-10,18H,11-17H2,1H3,(H,23,25). The molecule has 1 saturated heterocycles. The second kappa shape index (κ2) is 10.8. The Morgan fingerprint density at radius 1 is 1.10 bits per heavy atom. The molecular weight excluding hydrogens is 420 g/mol. The Balaban J connectivity index is 1.35. The van der Waals surface area contributed by atoms with E-state index in [-0.39, 0.29) is 5.91 Å². The summed E-state index contributed by atoms with van der Waals surface area (Å²) in [6.45, 7) is 1.58. The van der Waals surface area contributed by atoms with Crippen molar-refractivity contribution in [3.63, 3.8) is 0 Å². The molecule has 1 aliphatic rings. The largest absolute Gasteiger partial charge is 0.497 e. The van der Waals surface area contributed by atoms with E-state index in [2.05, 4.69) is 5.32 Å². The SMILES string of the molecule is COc1ccc(SCCC(=O)NCC2CCN(S(=O)(=O)c3ccccc3)CC2)cc1. The van der Waals surface area contributed by atoms with Crippen LogP contribution in [-0.4, -0.2) is 51.1 Å². The number of sulfonamides is 1. The van der Waals surface area contributed by atoms with Crippen molar-refractivity contribution < 1.29 is 17.9 Å². The number of nitrogens with zero attached hydrogens (tertiary/aromatic N) is 1. The zero-order chi connectivity index (χ0) is 21.4. The minimum absolute atomic E-state index is 0.0374. The molecule has 8 heteroatoms. The van der Waals surface area contributed by atoms with Crippen molar-refractivity contribution >= 4 is 27.7 Å². The molecule has 0 radical (unpaired) electrons. The molecule has 2 aromatic rings. The first-order chi connectivity index (χ1) is 14.5. The van der Waals surface area contributed by atoms with Gasteiger partial charge in [0.1, 0.15) is 5.75 Å². The molecule has 3 rings (SSSR count). The van der Waals surface area contributed by atoms with Crippen LogP contribution >= 0.6 is 11.8 Å². The highest BCUT2D eigenvalue weighted by molar-refractivity contribution is 7.99. The van der Waals surface area contributed by atoms with Crippen LogP contribution in [0.15, 0.2) is 64.4 Å². The highest BCUT2D eigenvalue weighted by Gasteiger charge is 2.29. The third-order valence-corrected chi connectivity index (χ3v) is 8.13. The highest BCUT2D eigenvalue weighted by atomic mass is 32.2. The van der Waals surface area contributed by atoms with Crippen molar-refractivity contribution in [1.29, 1.82) is 0 Å². The smallest absolute Gasteiger partial charge is 0.243 e. The average molecular weight is 449 g/mol. The van der Waals surface area contributed by atoms with Gasteiger partial charge in [-0.1, -0.05) is 18.2 Å². The number of piperidine rings is 1. The Labute approximate surface area is 183 Å². The van der Waals surface area contributed by atoms with Crippen LogP contribution in [0, 0.1) is 5.92 Å². The predicted octanol–water partition coefficient (Wildman–Crippen LogP) is 3.39. The lowest BCUT2D eigenvalue weighted by atomic mass is 9.98. The topological polar surface area (TPSA) is 75.7 Å². The predicted molar refractivity (Wildman–Crippen MR) is 119 cm³/mol. The Morgan fingerprint density at radius 2 is 1.77 bits per heavy atom. The first-order valence-electron chi connectivity index (χ1n) is 10.1.